The number of aliphatic hydroxyl groups excluding tert-OH is 1. The van der Waals surface area contributed by atoms with Crippen molar-refractivity contribution in [2.45, 2.75) is 33.1 Å². The first-order valence-electron chi connectivity index (χ1n) is 10.1. The molecule has 1 atom stereocenters. The van der Waals surface area contributed by atoms with Crippen LogP contribution in [0.15, 0.2) is 71.2 Å². The molecule has 1 unspecified atom stereocenters. The summed E-state index contributed by atoms with van der Waals surface area (Å²) in [6, 6.07) is 22.0. The molecule has 3 aromatic rings. The molecule has 6 heteroatoms. The first-order chi connectivity index (χ1) is 14.6. The van der Waals surface area contributed by atoms with Gasteiger partial charge < -0.3 is 19.9 Å². The van der Waals surface area contributed by atoms with Gasteiger partial charge in [-0.05, 0) is 58.6 Å². The van der Waals surface area contributed by atoms with E-state index in [1.54, 1.807) is 0 Å². The zero-order chi connectivity index (χ0) is 21.3. The second kappa shape index (κ2) is 12.7. The summed E-state index contributed by atoms with van der Waals surface area (Å²) in [7, 11) is 0. The molecule has 0 aliphatic rings. The van der Waals surface area contributed by atoms with Gasteiger partial charge in [-0.3, -0.25) is 0 Å². The van der Waals surface area contributed by atoms with Crippen LogP contribution in [0.25, 0.3) is 0 Å². The predicted octanol–water partition coefficient (Wildman–Crippen LogP) is 5.98. The van der Waals surface area contributed by atoms with Crippen LogP contribution in [0.2, 0.25) is 0 Å². The Balaban J connectivity index is 0.00000341. The molecule has 0 amide bonds. The summed E-state index contributed by atoms with van der Waals surface area (Å²) < 4.78 is 12.7. The van der Waals surface area contributed by atoms with Crippen LogP contribution in [0, 0.1) is 6.92 Å². The molecule has 31 heavy (non-hydrogen) atoms. The SMILES string of the molecule is CCOc1cc(CNCC(O)c2ccccc2)cc(Br)c1OCc1ccc(C)cc1.Cl. The number of hydrogen-bond donors (Lipinski definition) is 2. The average molecular weight is 507 g/mol. The number of halogens is 2. The second-order valence-electron chi connectivity index (χ2n) is 7.17. The van der Waals surface area contributed by atoms with Crippen molar-refractivity contribution in [3.05, 3.63) is 93.5 Å². The monoisotopic (exact) mass is 505 g/mol. The van der Waals surface area contributed by atoms with Crippen molar-refractivity contribution >= 4 is 28.3 Å². The average Bonchev–Trinajstić information content (AvgIpc) is 2.75. The van der Waals surface area contributed by atoms with Crippen molar-refractivity contribution in [1.82, 2.24) is 5.32 Å². The second-order valence-corrected chi connectivity index (χ2v) is 8.02. The van der Waals surface area contributed by atoms with Gasteiger partial charge in [0.2, 0.25) is 0 Å². The third-order valence-electron chi connectivity index (χ3n) is 4.72. The topological polar surface area (TPSA) is 50.7 Å². The first kappa shape index (κ1) is 25.2. The standard InChI is InChI=1S/C25H28BrNO3.ClH/c1-3-29-24-14-20(15-27-16-23(28)21-7-5-4-6-8-21)13-22(26)25(24)30-17-19-11-9-18(2)10-12-19;/h4-14,23,27-28H,3,15-17H2,1-2H3;1H. The van der Waals surface area contributed by atoms with Gasteiger partial charge in [0.1, 0.15) is 6.61 Å². The molecule has 2 N–H and O–H groups in total. The van der Waals surface area contributed by atoms with Crippen molar-refractivity contribution in [3.63, 3.8) is 0 Å². The molecular formula is C25H29BrClNO3. The summed E-state index contributed by atoms with van der Waals surface area (Å²) in [5.74, 6) is 1.41. The summed E-state index contributed by atoms with van der Waals surface area (Å²) in [5, 5.41) is 13.6. The summed E-state index contributed by atoms with van der Waals surface area (Å²) >= 11 is 3.63. The Labute approximate surface area is 199 Å². The molecule has 0 aliphatic carbocycles. The Hall–Kier alpha value is -2.05. The molecule has 166 valence electrons. The molecule has 0 saturated heterocycles. The summed E-state index contributed by atoms with van der Waals surface area (Å²) in [4.78, 5) is 0. The van der Waals surface area contributed by atoms with E-state index >= 15 is 0 Å². The first-order valence-corrected chi connectivity index (χ1v) is 10.9. The van der Waals surface area contributed by atoms with Crippen LogP contribution in [0.3, 0.4) is 0 Å². The summed E-state index contributed by atoms with van der Waals surface area (Å²) in [5.41, 5.74) is 4.29. The van der Waals surface area contributed by atoms with Crippen molar-refractivity contribution in [2.75, 3.05) is 13.2 Å². The number of ether oxygens (including phenoxy) is 2. The molecular weight excluding hydrogens is 478 g/mol. The van der Waals surface area contributed by atoms with Crippen molar-refractivity contribution < 1.29 is 14.6 Å². The smallest absolute Gasteiger partial charge is 0.175 e. The molecule has 0 saturated carbocycles. The highest BCUT2D eigenvalue weighted by molar-refractivity contribution is 9.10. The molecule has 0 radical (unpaired) electrons. The fourth-order valence-electron chi connectivity index (χ4n) is 3.11. The van der Waals surface area contributed by atoms with E-state index in [2.05, 4.69) is 52.4 Å². The van der Waals surface area contributed by atoms with Crippen LogP contribution < -0.4 is 14.8 Å². The van der Waals surface area contributed by atoms with E-state index in [0.717, 1.165) is 21.2 Å². The van der Waals surface area contributed by atoms with Crippen LogP contribution in [0.5, 0.6) is 11.5 Å². The molecule has 0 aromatic heterocycles. The van der Waals surface area contributed by atoms with Gasteiger partial charge in [-0.2, -0.15) is 0 Å². The van der Waals surface area contributed by atoms with Crippen molar-refractivity contribution in [1.29, 1.82) is 0 Å². The fourth-order valence-corrected chi connectivity index (χ4v) is 3.72. The summed E-state index contributed by atoms with van der Waals surface area (Å²) in [6.07, 6.45) is -0.543. The molecule has 4 nitrogen and oxygen atoms in total. The minimum Gasteiger partial charge on any atom is -0.490 e. The predicted molar refractivity (Wildman–Crippen MR) is 131 cm³/mol. The van der Waals surface area contributed by atoms with Crippen LogP contribution in [0.1, 0.15) is 35.3 Å². The van der Waals surface area contributed by atoms with Gasteiger partial charge >= 0.3 is 0 Å². The van der Waals surface area contributed by atoms with Gasteiger partial charge in [-0.25, -0.2) is 0 Å². The quantitative estimate of drug-likeness (QED) is 0.355. The van der Waals surface area contributed by atoms with Crippen LogP contribution >= 0.6 is 28.3 Å². The Morgan fingerprint density at radius 2 is 1.68 bits per heavy atom. The van der Waals surface area contributed by atoms with Gasteiger partial charge in [-0.15, -0.1) is 12.4 Å². The molecule has 0 spiro atoms. The molecule has 3 rings (SSSR count). The number of hydrogen-bond acceptors (Lipinski definition) is 4. The highest BCUT2D eigenvalue weighted by atomic mass is 79.9. The maximum absolute atomic E-state index is 10.3. The number of aryl methyl sites for hydroxylation is 1. The third-order valence-corrected chi connectivity index (χ3v) is 5.31. The lowest BCUT2D eigenvalue weighted by Crippen LogP contribution is -2.21. The highest BCUT2D eigenvalue weighted by Crippen LogP contribution is 2.37. The number of rotatable bonds is 10. The molecule has 0 aliphatic heterocycles. The normalized spacial score (nSPS) is 11.5. The molecule has 0 fully saturated rings. The minimum atomic E-state index is -0.543. The number of benzene rings is 3. The van der Waals surface area contributed by atoms with E-state index in [-0.39, 0.29) is 12.4 Å². The van der Waals surface area contributed by atoms with Gasteiger partial charge in [0.15, 0.2) is 11.5 Å². The summed E-state index contributed by atoms with van der Waals surface area (Å²) in [6.45, 7) is 6.13. The Kier molecular flexibility index (Phi) is 10.3. The Morgan fingerprint density at radius 1 is 0.968 bits per heavy atom. The van der Waals surface area contributed by atoms with E-state index in [0.29, 0.717) is 37.8 Å². The molecule has 3 aromatic carbocycles. The van der Waals surface area contributed by atoms with E-state index in [4.69, 9.17) is 9.47 Å². The number of aliphatic hydroxyl groups is 1. The lowest BCUT2D eigenvalue weighted by molar-refractivity contribution is 0.174. The van der Waals surface area contributed by atoms with Crippen molar-refractivity contribution in [3.8, 4) is 11.5 Å². The van der Waals surface area contributed by atoms with Crippen LogP contribution in [0.4, 0.5) is 0 Å². The minimum absolute atomic E-state index is 0. The molecule has 0 bridgehead atoms. The van der Waals surface area contributed by atoms with E-state index < -0.39 is 6.10 Å². The zero-order valence-corrected chi connectivity index (χ0v) is 20.2. The van der Waals surface area contributed by atoms with Crippen molar-refractivity contribution in [2.24, 2.45) is 0 Å². The van der Waals surface area contributed by atoms with Gasteiger partial charge in [0, 0.05) is 13.1 Å². The van der Waals surface area contributed by atoms with Gasteiger partial charge in [0.25, 0.3) is 0 Å². The maximum Gasteiger partial charge on any atom is 0.175 e. The Morgan fingerprint density at radius 3 is 2.35 bits per heavy atom. The largest absolute Gasteiger partial charge is 0.490 e. The zero-order valence-electron chi connectivity index (χ0n) is 17.8. The maximum atomic E-state index is 10.3. The van der Waals surface area contributed by atoms with E-state index in [1.165, 1.54) is 5.56 Å². The lowest BCUT2D eigenvalue weighted by atomic mass is 10.1. The third kappa shape index (κ3) is 7.54. The lowest BCUT2D eigenvalue weighted by Gasteiger charge is -2.17. The highest BCUT2D eigenvalue weighted by Gasteiger charge is 2.13. The number of nitrogens with one attached hydrogen (secondary N) is 1. The van der Waals surface area contributed by atoms with E-state index in [9.17, 15) is 5.11 Å². The van der Waals surface area contributed by atoms with Gasteiger partial charge in [-0.1, -0.05) is 60.2 Å². The van der Waals surface area contributed by atoms with E-state index in [1.807, 2.05) is 49.4 Å². The fraction of sp³-hybridized carbons (Fsp3) is 0.280. The Bertz CT molecular complexity index is 936. The van der Waals surface area contributed by atoms with Crippen LogP contribution in [-0.2, 0) is 13.2 Å². The van der Waals surface area contributed by atoms with Crippen LogP contribution in [-0.4, -0.2) is 18.3 Å². The van der Waals surface area contributed by atoms with Gasteiger partial charge in [0.05, 0.1) is 17.2 Å². The molecule has 0 heterocycles.